The lowest BCUT2D eigenvalue weighted by atomic mass is 9.64. The molecule has 0 saturated heterocycles. The first-order chi connectivity index (χ1) is 12.9. The van der Waals surface area contributed by atoms with Gasteiger partial charge in [-0.1, -0.05) is 54.4 Å². The molecule has 4 heteroatoms. The number of hydrogen-bond acceptors (Lipinski definition) is 2. The van der Waals surface area contributed by atoms with Crippen LogP contribution in [0.2, 0.25) is 5.02 Å². The number of nitrogens with zero attached hydrogens (tertiary/aromatic N) is 1. The third-order valence-electron chi connectivity index (χ3n) is 5.95. The van der Waals surface area contributed by atoms with Gasteiger partial charge < -0.3 is 10.0 Å². The van der Waals surface area contributed by atoms with Gasteiger partial charge in [0.2, 0.25) is 0 Å². The highest BCUT2D eigenvalue weighted by atomic mass is 35.5. The van der Waals surface area contributed by atoms with E-state index >= 15 is 0 Å². The predicted octanol–water partition coefficient (Wildman–Crippen LogP) is 4.97. The van der Waals surface area contributed by atoms with Crippen LogP contribution in [0.15, 0.2) is 48.5 Å². The SMILES string of the molecule is CN(C)CC1CCCC(Cc2ccccc2)C1(O)Cc1c(F)cccc1Cl. The van der Waals surface area contributed by atoms with E-state index in [4.69, 9.17) is 11.6 Å². The van der Waals surface area contributed by atoms with Gasteiger partial charge in [0.15, 0.2) is 0 Å². The normalized spacial score (nSPS) is 25.7. The molecule has 0 amide bonds. The molecule has 1 saturated carbocycles. The largest absolute Gasteiger partial charge is 0.389 e. The molecule has 146 valence electrons. The van der Waals surface area contributed by atoms with Crippen molar-refractivity contribution < 1.29 is 9.50 Å². The third-order valence-corrected chi connectivity index (χ3v) is 6.31. The highest BCUT2D eigenvalue weighted by Crippen LogP contribution is 2.43. The fourth-order valence-corrected chi connectivity index (χ4v) is 4.81. The summed E-state index contributed by atoms with van der Waals surface area (Å²) in [4.78, 5) is 2.11. The summed E-state index contributed by atoms with van der Waals surface area (Å²) in [6.45, 7) is 0.786. The molecule has 1 aliphatic rings. The van der Waals surface area contributed by atoms with Crippen molar-refractivity contribution in [3.63, 3.8) is 0 Å². The summed E-state index contributed by atoms with van der Waals surface area (Å²) in [7, 11) is 4.05. The van der Waals surface area contributed by atoms with E-state index in [9.17, 15) is 9.50 Å². The molecule has 3 unspecified atom stereocenters. The molecule has 3 rings (SSSR count). The van der Waals surface area contributed by atoms with E-state index in [-0.39, 0.29) is 24.1 Å². The predicted molar refractivity (Wildman–Crippen MR) is 110 cm³/mol. The van der Waals surface area contributed by atoms with Crippen molar-refractivity contribution in [1.82, 2.24) is 4.90 Å². The molecule has 0 spiro atoms. The maximum absolute atomic E-state index is 14.5. The summed E-state index contributed by atoms with van der Waals surface area (Å²) in [5.41, 5.74) is 0.668. The summed E-state index contributed by atoms with van der Waals surface area (Å²) in [6.07, 6.45) is 4.04. The summed E-state index contributed by atoms with van der Waals surface area (Å²) in [6, 6.07) is 15.0. The van der Waals surface area contributed by atoms with Gasteiger partial charge in [-0.2, -0.15) is 0 Å². The highest BCUT2D eigenvalue weighted by Gasteiger charge is 2.46. The molecule has 0 radical (unpaired) electrons. The van der Waals surface area contributed by atoms with Gasteiger partial charge in [0.1, 0.15) is 5.82 Å². The molecule has 1 fully saturated rings. The van der Waals surface area contributed by atoms with Crippen molar-refractivity contribution in [3.05, 3.63) is 70.5 Å². The Labute approximate surface area is 167 Å². The smallest absolute Gasteiger partial charge is 0.127 e. The van der Waals surface area contributed by atoms with Crippen LogP contribution in [-0.2, 0) is 12.8 Å². The van der Waals surface area contributed by atoms with E-state index in [1.807, 2.05) is 32.3 Å². The van der Waals surface area contributed by atoms with Gasteiger partial charge in [-0.05, 0) is 57.0 Å². The van der Waals surface area contributed by atoms with Gasteiger partial charge in [0.05, 0.1) is 5.60 Å². The molecule has 0 aromatic heterocycles. The Kier molecular flexibility index (Phi) is 6.56. The van der Waals surface area contributed by atoms with Crippen LogP contribution < -0.4 is 0 Å². The monoisotopic (exact) mass is 389 g/mol. The van der Waals surface area contributed by atoms with Crippen molar-refractivity contribution >= 4 is 11.6 Å². The Morgan fingerprint density at radius 2 is 1.78 bits per heavy atom. The van der Waals surface area contributed by atoms with Gasteiger partial charge in [-0.3, -0.25) is 0 Å². The average molecular weight is 390 g/mol. The minimum absolute atomic E-state index is 0.0780. The van der Waals surface area contributed by atoms with E-state index in [1.54, 1.807) is 12.1 Å². The van der Waals surface area contributed by atoms with Crippen molar-refractivity contribution in [2.45, 2.75) is 37.7 Å². The lowest BCUT2D eigenvalue weighted by molar-refractivity contribution is -0.100. The van der Waals surface area contributed by atoms with Gasteiger partial charge in [-0.25, -0.2) is 4.39 Å². The number of rotatable bonds is 6. The van der Waals surface area contributed by atoms with Crippen molar-refractivity contribution in [3.8, 4) is 0 Å². The van der Waals surface area contributed by atoms with E-state index in [2.05, 4.69) is 17.0 Å². The number of hydrogen-bond donors (Lipinski definition) is 1. The Balaban J connectivity index is 1.95. The first-order valence-electron chi connectivity index (χ1n) is 9.74. The molecule has 0 bridgehead atoms. The molecule has 2 nitrogen and oxygen atoms in total. The summed E-state index contributed by atoms with van der Waals surface area (Å²) < 4.78 is 14.5. The zero-order chi connectivity index (χ0) is 19.4. The molecule has 2 aromatic carbocycles. The second kappa shape index (κ2) is 8.72. The molecule has 0 heterocycles. The number of benzene rings is 2. The fraction of sp³-hybridized carbons (Fsp3) is 0.478. The summed E-state index contributed by atoms with van der Waals surface area (Å²) in [5, 5.41) is 12.4. The second-order valence-electron chi connectivity index (χ2n) is 8.14. The number of aliphatic hydroxyl groups is 1. The molecular formula is C23H29ClFNO. The molecule has 2 aromatic rings. The maximum atomic E-state index is 14.5. The maximum Gasteiger partial charge on any atom is 0.127 e. The molecular weight excluding hydrogens is 361 g/mol. The zero-order valence-corrected chi connectivity index (χ0v) is 16.9. The minimum Gasteiger partial charge on any atom is -0.389 e. The third kappa shape index (κ3) is 4.71. The van der Waals surface area contributed by atoms with Gasteiger partial charge in [0.25, 0.3) is 0 Å². The Morgan fingerprint density at radius 3 is 2.44 bits per heavy atom. The summed E-state index contributed by atoms with van der Waals surface area (Å²) >= 11 is 6.31. The van der Waals surface area contributed by atoms with Crippen LogP contribution in [-0.4, -0.2) is 36.2 Å². The first-order valence-corrected chi connectivity index (χ1v) is 10.1. The van der Waals surface area contributed by atoms with E-state index in [0.717, 1.165) is 32.2 Å². The Morgan fingerprint density at radius 1 is 1.07 bits per heavy atom. The quantitative estimate of drug-likeness (QED) is 0.753. The van der Waals surface area contributed by atoms with Crippen LogP contribution in [0.25, 0.3) is 0 Å². The molecule has 1 aliphatic carbocycles. The van der Waals surface area contributed by atoms with Crippen molar-refractivity contribution in [2.75, 3.05) is 20.6 Å². The number of halogens is 2. The van der Waals surface area contributed by atoms with E-state index in [1.165, 1.54) is 11.6 Å². The topological polar surface area (TPSA) is 23.5 Å². The van der Waals surface area contributed by atoms with Crippen LogP contribution in [0.1, 0.15) is 30.4 Å². The van der Waals surface area contributed by atoms with Crippen LogP contribution >= 0.6 is 11.6 Å². The van der Waals surface area contributed by atoms with E-state index in [0.29, 0.717) is 10.6 Å². The summed E-state index contributed by atoms with van der Waals surface area (Å²) in [5.74, 6) is -0.163. The highest BCUT2D eigenvalue weighted by molar-refractivity contribution is 6.31. The van der Waals surface area contributed by atoms with Gasteiger partial charge >= 0.3 is 0 Å². The first kappa shape index (κ1) is 20.3. The average Bonchev–Trinajstić information content (AvgIpc) is 2.63. The van der Waals surface area contributed by atoms with Crippen molar-refractivity contribution in [2.24, 2.45) is 11.8 Å². The Bertz CT molecular complexity index is 731. The standard InChI is InChI=1S/C23H29ClFNO/c1-26(2)16-19-11-6-10-18(14-17-8-4-3-5-9-17)23(19,27)15-20-21(24)12-7-13-22(20)25/h3-5,7-9,12-13,18-19,27H,6,10-11,14-16H2,1-2H3. The second-order valence-corrected chi connectivity index (χ2v) is 8.55. The Hall–Kier alpha value is -1.42. The zero-order valence-electron chi connectivity index (χ0n) is 16.2. The molecule has 0 aliphatic heterocycles. The lowest BCUT2D eigenvalue weighted by Crippen LogP contribution is -2.53. The van der Waals surface area contributed by atoms with Crippen molar-refractivity contribution in [1.29, 1.82) is 0 Å². The molecule has 3 atom stereocenters. The van der Waals surface area contributed by atoms with Crippen LogP contribution in [0.5, 0.6) is 0 Å². The van der Waals surface area contributed by atoms with Crippen LogP contribution in [0.4, 0.5) is 4.39 Å². The van der Waals surface area contributed by atoms with Gasteiger partial charge in [-0.15, -0.1) is 0 Å². The van der Waals surface area contributed by atoms with E-state index < -0.39 is 5.60 Å². The lowest BCUT2D eigenvalue weighted by Gasteiger charge is -2.47. The minimum atomic E-state index is -0.982. The fourth-order valence-electron chi connectivity index (χ4n) is 4.58. The van der Waals surface area contributed by atoms with Crippen LogP contribution in [0, 0.1) is 17.7 Å². The molecule has 27 heavy (non-hydrogen) atoms. The molecule has 1 N–H and O–H groups in total. The van der Waals surface area contributed by atoms with Crippen LogP contribution in [0.3, 0.4) is 0 Å². The van der Waals surface area contributed by atoms with Gasteiger partial charge in [0, 0.05) is 29.5 Å².